The molecule has 0 radical (unpaired) electrons. The monoisotopic (exact) mass is 357 g/mol. The zero-order valence-electron chi connectivity index (χ0n) is 15.1. The minimum Gasteiger partial charge on any atom is -0.490 e. The van der Waals surface area contributed by atoms with E-state index in [4.69, 9.17) is 9.47 Å². The molecule has 0 bridgehead atoms. The highest BCUT2D eigenvalue weighted by Gasteiger charge is 2.18. The first-order chi connectivity index (χ1) is 12.9. The molecule has 2 fully saturated rings. The minimum atomic E-state index is 0.294. The van der Waals surface area contributed by atoms with Crippen LogP contribution in [0.15, 0.2) is 30.6 Å². The van der Waals surface area contributed by atoms with Crippen molar-refractivity contribution in [1.29, 1.82) is 0 Å². The minimum absolute atomic E-state index is 0.294. The molecule has 1 aromatic carbocycles. The Hall–Kier alpha value is -2.12. The standard InChI is InChI=1S/C19H27N5O2/c1-3-17(26-18-6-13-25-14-7-18)4-2-16(1)24-11-9-23(10-12-24)8-5-19-20-15-21-22-19/h1-4,15,18H,5-14H2,(H,20,21,22). The van der Waals surface area contributed by atoms with Gasteiger partial charge in [-0.15, -0.1) is 0 Å². The number of piperazine rings is 1. The Balaban J connectivity index is 1.23. The Kier molecular flexibility index (Phi) is 5.66. The van der Waals surface area contributed by atoms with Crippen LogP contribution in [0.5, 0.6) is 5.75 Å². The lowest BCUT2D eigenvalue weighted by Crippen LogP contribution is -2.47. The van der Waals surface area contributed by atoms with E-state index in [1.165, 1.54) is 5.69 Å². The smallest absolute Gasteiger partial charge is 0.137 e. The van der Waals surface area contributed by atoms with Gasteiger partial charge in [0.25, 0.3) is 0 Å². The quantitative estimate of drug-likeness (QED) is 0.849. The summed E-state index contributed by atoms with van der Waals surface area (Å²) in [5.74, 6) is 1.93. The van der Waals surface area contributed by atoms with Crippen LogP contribution in [0.2, 0.25) is 0 Å². The predicted molar refractivity (Wildman–Crippen MR) is 99.7 cm³/mol. The number of rotatable bonds is 6. The molecule has 1 N–H and O–H groups in total. The van der Waals surface area contributed by atoms with E-state index in [2.05, 4.69) is 49.2 Å². The summed E-state index contributed by atoms with van der Waals surface area (Å²) in [7, 11) is 0. The molecule has 2 saturated heterocycles. The van der Waals surface area contributed by atoms with E-state index in [1.54, 1.807) is 6.33 Å². The van der Waals surface area contributed by atoms with Crippen molar-refractivity contribution in [2.75, 3.05) is 50.8 Å². The lowest BCUT2D eigenvalue weighted by molar-refractivity contribution is 0.0256. The first kappa shape index (κ1) is 17.3. The van der Waals surface area contributed by atoms with Crippen LogP contribution in [0.1, 0.15) is 18.7 Å². The predicted octanol–water partition coefficient (Wildman–Crippen LogP) is 1.73. The van der Waals surface area contributed by atoms with Gasteiger partial charge in [-0.25, -0.2) is 4.98 Å². The van der Waals surface area contributed by atoms with E-state index in [-0.39, 0.29) is 0 Å². The van der Waals surface area contributed by atoms with Crippen LogP contribution in [-0.4, -0.2) is 72.1 Å². The molecule has 2 aliphatic rings. The van der Waals surface area contributed by atoms with Crippen LogP contribution in [0.3, 0.4) is 0 Å². The molecule has 4 rings (SSSR count). The van der Waals surface area contributed by atoms with Gasteiger partial charge in [0.05, 0.1) is 13.2 Å². The number of ether oxygens (including phenoxy) is 2. The van der Waals surface area contributed by atoms with Gasteiger partial charge in [0.15, 0.2) is 0 Å². The van der Waals surface area contributed by atoms with Crippen molar-refractivity contribution in [3.8, 4) is 5.75 Å². The molecular weight excluding hydrogens is 330 g/mol. The Morgan fingerprint density at radius 3 is 2.54 bits per heavy atom. The van der Waals surface area contributed by atoms with Gasteiger partial charge in [0, 0.05) is 57.7 Å². The van der Waals surface area contributed by atoms with Crippen molar-refractivity contribution in [2.45, 2.75) is 25.4 Å². The van der Waals surface area contributed by atoms with Gasteiger partial charge in [0.2, 0.25) is 0 Å². The van der Waals surface area contributed by atoms with Gasteiger partial charge in [-0.1, -0.05) is 0 Å². The highest BCUT2D eigenvalue weighted by molar-refractivity contribution is 5.49. The second kappa shape index (κ2) is 8.51. The Labute approximate surface area is 154 Å². The number of anilines is 1. The molecule has 140 valence electrons. The molecule has 2 aromatic rings. The third kappa shape index (κ3) is 4.53. The fourth-order valence-electron chi connectivity index (χ4n) is 3.57. The zero-order chi connectivity index (χ0) is 17.6. The number of nitrogens with zero attached hydrogens (tertiary/aromatic N) is 4. The third-order valence-corrected chi connectivity index (χ3v) is 5.17. The maximum atomic E-state index is 6.06. The molecule has 7 nitrogen and oxygen atoms in total. The first-order valence-electron chi connectivity index (χ1n) is 9.53. The molecule has 0 saturated carbocycles. The summed E-state index contributed by atoms with van der Waals surface area (Å²) in [5.41, 5.74) is 1.28. The molecule has 3 heterocycles. The van der Waals surface area contributed by atoms with E-state index < -0.39 is 0 Å². The van der Waals surface area contributed by atoms with Crippen molar-refractivity contribution >= 4 is 5.69 Å². The maximum Gasteiger partial charge on any atom is 0.137 e. The van der Waals surface area contributed by atoms with Crippen molar-refractivity contribution in [3.05, 3.63) is 36.4 Å². The summed E-state index contributed by atoms with van der Waals surface area (Å²) in [4.78, 5) is 9.13. The molecule has 0 spiro atoms. The highest BCUT2D eigenvalue weighted by atomic mass is 16.5. The van der Waals surface area contributed by atoms with Crippen molar-refractivity contribution in [3.63, 3.8) is 0 Å². The summed E-state index contributed by atoms with van der Waals surface area (Å²) in [6, 6.07) is 8.56. The van der Waals surface area contributed by atoms with E-state index in [9.17, 15) is 0 Å². The normalized spacial score (nSPS) is 19.6. The first-order valence-corrected chi connectivity index (χ1v) is 9.53. The number of hydrogen-bond donors (Lipinski definition) is 1. The SMILES string of the molecule is c1n[nH]c(CCN2CCN(c3ccc(OC4CCOCC4)cc3)CC2)n1. The molecule has 26 heavy (non-hydrogen) atoms. The van der Waals surface area contributed by atoms with Gasteiger partial charge in [-0.05, 0) is 24.3 Å². The van der Waals surface area contributed by atoms with Gasteiger partial charge in [0.1, 0.15) is 24.0 Å². The largest absolute Gasteiger partial charge is 0.490 e. The number of aromatic nitrogens is 3. The zero-order valence-corrected chi connectivity index (χ0v) is 15.1. The van der Waals surface area contributed by atoms with Gasteiger partial charge in [-0.2, -0.15) is 5.10 Å². The van der Waals surface area contributed by atoms with Crippen LogP contribution in [0, 0.1) is 0 Å². The van der Waals surface area contributed by atoms with Gasteiger partial charge < -0.3 is 14.4 Å². The third-order valence-electron chi connectivity index (χ3n) is 5.17. The summed E-state index contributed by atoms with van der Waals surface area (Å²) in [6.07, 6.45) is 4.76. The topological polar surface area (TPSA) is 66.5 Å². The number of hydrogen-bond acceptors (Lipinski definition) is 6. The Morgan fingerprint density at radius 1 is 1.08 bits per heavy atom. The lowest BCUT2D eigenvalue weighted by Gasteiger charge is -2.36. The molecule has 0 unspecified atom stereocenters. The fourth-order valence-corrected chi connectivity index (χ4v) is 3.57. The summed E-state index contributed by atoms with van der Waals surface area (Å²) in [5, 5.41) is 6.83. The Bertz CT molecular complexity index is 647. The van der Waals surface area contributed by atoms with Crippen LogP contribution in [-0.2, 0) is 11.2 Å². The second-order valence-electron chi connectivity index (χ2n) is 6.93. The summed E-state index contributed by atoms with van der Waals surface area (Å²) >= 11 is 0. The van der Waals surface area contributed by atoms with Gasteiger partial charge >= 0.3 is 0 Å². The molecule has 7 heteroatoms. The maximum absolute atomic E-state index is 6.06. The van der Waals surface area contributed by atoms with Crippen molar-refractivity contribution in [1.82, 2.24) is 20.1 Å². The van der Waals surface area contributed by atoms with Crippen LogP contribution in [0.25, 0.3) is 0 Å². The van der Waals surface area contributed by atoms with Crippen LogP contribution < -0.4 is 9.64 Å². The highest BCUT2D eigenvalue weighted by Crippen LogP contribution is 2.23. The lowest BCUT2D eigenvalue weighted by atomic mass is 10.1. The van der Waals surface area contributed by atoms with E-state index in [0.717, 1.165) is 76.8 Å². The number of nitrogens with one attached hydrogen (secondary N) is 1. The summed E-state index contributed by atoms with van der Waals surface area (Å²) in [6.45, 7) is 6.91. The molecule has 0 amide bonds. The number of H-pyrrole nitrogens is 1. The number of benzene rings is 1. The molecule has 2 aliphatic heterocycles. The molecule has 1 aromatic heterocycles. The fraction of sp³-hybridized carbons (Fsp3) is 0.579. The molecule has 0 atom stereocenters. The molecular formula is C19H27N5O2. The van der Waals surface area contributed by atoms with Crippen molar-refractivity contribution in [2.24, 2.45) is 0 Å². The number of aromatic amines is 1. The van der Waals surface area contributed by atoms with Crippen LogP contribution >= 0.6 is 0 Å². The van der Waals surface area contributed by atoms with E-state index in [1.807, 2.05) is 0 Å². The van der Waals surface area contributed by atoms with Crippen molar-refractivity contribution < 1.29 is 9.47 Å². The molecule has 0 aliphatic carbocycles. The van der Waals surface area contributed by atoms with E-state index >= 15 is 0 Å². The average molecular weight is 357 g/mol. The Morgan fingerprint density at radius 2 is 1.85 bits per heavy atom. The summed E-state index contributed by atoms with van der Waals surface area (Å²) < 4.78 is 11.4. The van der Waals surface area contributed by atoms with Gasteiger partial charge in [-0.3, -0.25) is 10.00 Å². The van der Waals surface area contributed by atoms with E-state index in [0.29, 0.717) is 6.10 Å². The second-order valence-corrected chi connectivity index (χ2v) is 6.93. The van der Waals surface area contributed by atoms with Crippen LogP contribution in [0.4, 0.5) is 5.69 Å². The average Bonchev–Trinajstić information content (AvgIpc) is 3.22.